The number of ether oxygens (including phenoxy) is 1. The molecule has 1 heterocycles. The van der Waals surface area contributed by atoms with Gasteiger partial charge in [0.25, 0.3) is 0 Å². The van der Waals surface area contributed by atoms with E-state index < -0.39 is 0 Å². The highest BCUT2D eigenvalue weighted by atomic mass is 16.6. The summed E-state index contributed by atoms with van der Waals surface area (Å²) in [5, 5.41) is 0. The molecular formula is C21H24N2O2. The maximum Gasteiger partial charge on any atom is 0.410 e. The normalized spacial score (nSPS) is 20.3. The van der Waals surface area contributed by atoms with Crippen LogP contribution in [0.1, 0.15) is 29.2 Å². The van der Waals surface area contributed by atoms with Crippen molar-refractivity contribution in [3.8, 4) is 0 Å². The molecule has 1 atom stereocenters. The first-order valence-electron chi connectivity index (χ1n) is 9.09. The quantitative estimate of drug-likeness (QED) is 0.858. The lowest BCUT2D eigenvalue weighted by molar-refractivity contribution is 0.0596. The zero-order valence-corrected chi connectivity index (χ0v) is 14.4. The van der Waals surface area contributed by atoms with Crippen molar-refractivity contribution in [3.05, 3.63) is 71.3 Å². The van der Waals surface area contributed by atoms with Gasteiger partial charge in [-0.1, -0.05) is 54.6 Å². The second kappa shape index (κ2) is 7.28. The second-order valence-electron chi connectivity index (χ2n) is 6.82. The molecule has 2 aliphatic rings. The van der Waals surface area contributed by atoms with Gasteiger partial charge in [0.05, 0.1) is 0 Å². The molecule has 1 aliphatic heterocycles. The van der Waals surface area contributed by atoms with Crippen LogP contribution in [-0.4, -0.2) is 42.1 Å². The fourth-order valence-electron chi connectivity index (χ4n) is 3.94. The van der Waals surface area contributed by atoms with Crippen molar-refractivity contribution in [3.63, 3.8) is 0 Å². The van der Waals surface area contributed by atoms with Crippen molar-refractivity contribution in [2.24, 2.45) is 0 Å². The molecule has 1 saturated heterocycles. The van der Waals surface area contributed by atoms with Crippen molar-refractivity contribution >= 4 is 6.09 Å². The fraction of sp³-hybridized carbons (Fsp3) is 0.381. The zero-order valence-electron chi connectivity index (χ0n) is 14.4. The Balaban J connectivity index is 1.29. The van der Waals surface area contributed by atoms with Gasteiger partial charge in [0.1, 0.15) is 6.61 Å². The van der Waals surface area contributed by atoms with Crippen molar-refractivity contribution in [2.75, 3.05) is 26.2 Å². The number of piperazine rings is 1. The molecule has 0 saturated carbocycles. The molecule has 0 aromatic heterocycles. The first-order valence-corrected chi connectivity index (χ1v) is 9.09. The maximum absolute atomic E-state index is 12.3. The molecule has 0 N–H and O–H groups in total. The van der Waals surface area contributed by atoms with Crippen LogP contribution < -0.4 is 0 Å². The summed E-state index contributed by atoms with van der Waals surface area (Å²) in [6.07, 6.45) is 2.16. The Morgan fingerprint density at radius 2 is 1.68 bits per heavy atom. The highest BCUT2D eigenvalue weighted by Gasteiger charge is 2.31. The van der Waals surface area contributed by atoms with Crippen LogP contribution >= 0.6 is 0 Å². The third-order valence-electron chi connectivity index (χ3n) is 5.32. The molecule has 0 spiro atoms. The largest absolute Gasteiger partial charge is 0.445 e. The van der Waals surface area contributed by atoms with Crippen LogP contribution in [0.2, 0.25) is 0 Å². The first kappa shape index (κ1) is 16.2. The lowest BCUT2D eigenvalue weighted by atomic mass is 10.1. The summed E-state index contributed by atoms with van der Waals surface area (Å²) < 4.78 is 5.45. The predicted octanol–water partition coefficient (Wildman–Crippen LogP) is 3.63. The second-order valence-corrected chi connectivity index (χ2v) is 6.82. The molecule has 1 amide bonds. The van der Waals surface area contributed by atoms with Gasteiger partial charge in [0, 0.05) is 32.2 Å². The van der Waals surface area contributed by atoms with E-state index in [1.807, 2.05) is 35.2 Å². The van der Waals surface area contributed by atoms with Gasteiger partial charge >= 0.3 is 6.09 Å². The Labute approximate surface area is 149 Å². The lowest BCUT2D eigenvalue weighted by Crippen LogP contribution is -2.49. The lowest BCUT2D eigenvalue weighted by Gasteiger charge is -2.37. The van der Waals surface area contributed by atoms with Crippen LogP contribution in [0.25, 0.3) is 0 Å². The van der Waals surface area contributed by atoms with Gasteiger partial charge in [0.2, 0.25) is 0 Å². The number of hydrogen-bond donors (Lipinski definition) is 0. The Hall–Kier alpha value is -2.33. The molecule has 2 aromatic rings. The van der Waals surface area contributed by atoms with Crippen molar-refractivity contribution < 1.29 is 9.53 Å². The van der Waals surface area contributed by atoms with Crippen LogP contribution in [0.4, 0.5) is 4.79 Å². The highest BCUT2D eigenvalue weighted by Crippen LogP contribution is 2.35. The number of aryl methyl sites for hydroxylation is 1. The average molecular weight is 336 g/mol. The van der Waals surface area contributed by atoms with E-state index in [-0.39, 0.29) is 6.09 Å². The zero-order chi connectivity index (χ0) is 17.1. The number of carbonyl (C=O) groups excluding carboxylic acids is 1. The van der Waals surface area contributed by atoms with Crippen molar-refractivity contribution in [1.29, 1.82) is 0 Å². The molecular weight excluding hydrogens is 312 g/mol. The predicted molar refractivity (Wildman–Crippen MR) is 97.3 cm³/mol. The van der Waals surface area contributed by atoms with Crippen LogP contribution in [0, 0.1) is 0 Å². The summed E-state index contributed by atoms with van der Waals surface area (Å²) in [5.74, 6) is 0. The molecule has 0 radical (unpaired) electrons. The smallest absolute Gasteiger partial charge is 0.410 e. The van der Waals surface area contributed by atoms with Crippen molar-refractivity contribution in [1.82, 2.24) is 9.80 Å². The van der Waals surface area contributed by atoms with Gasteiger partial charge < -0.3 is 9.64 Å². The molecule has 0 bridgehead atoms. The van der Waals surface area contributed by atoms with Gasteiger partial charge in [-0.15, -0.1) is 0 Å². The minimum absolute atomic E-state index is 0.199. The Bertz CT molecular complexity index is 724. The minimum Gasteiger partial charge on any atom is -0.445 e. The molecule has 2 aromatic carbocycles. The monoisotopic (exact) mass is 336 g/mol. The summed E-state index contributed by atoms with van der Waals surface area (Å²) in [5.41, 5.74) is 3.98. The summed E-state index contributed by atoms with van der Waals surface area (Å²) >= 11 is 0. The number of nitrogens with zero attached hydrogens (tertiary/aromatic N) is 2. The van der Waals surface area contributed by atoms with Gasteiger partial charge in [-0.2, -0.15) is 0 Å². The van der Waals surface area contributed by atoms with Crippen LogP contribution in [0.5, 0.6) is 0 Å². The summed E-state index contributed by atoms with van der Waals surface area (Å²) in [6.45, 7) is 3.66. The SMILES string of the molecule is O=C(OCc1ccccc1)N1CCN(C2CCc3ccccc32)CC1. The van der Waals surface area contributed by atoms with Crippen LogP contribution in [-0.2, 0) is 17.8 Å². The number of fused-ring (bicyclic) bond motifs is 1. The first-order chi connectivity index (χ1) is 12.3. The summed E-state index contributed by atoms with van der Waals surface area (Å²) in [7, 11) is 0. The van der Waals surface area contributed by atoms with E-state index in [2.05, 4.69) is 29.2 Å². The van der Waals surface area contributed by atoms with E-state index in [1.165, 1.54) is 24.0 Å². The maximum atomic E-state index is 12.3. The molecule has 4 nitrogen and oxygen atoms in total. The molecule has 4 heteroatoms. The minimum atomic E-state index is -0.199. The molecule has 4 rings (SSSR count). The van der Waals surface area contributed by atoms with E-state index in [1.54, 1.807) is 0 Å². The number of rotatable bonds is 3. The highest BCUT2D eigenvalue weighted by molar-refractivity contribution is 5.67. The molecule has 130 valence electrons. The van der Waals surface area contributed by atoms with Gasteiger partial charge in [-0.25, -0.2) is 4.79 Å². The number of benzene rings is 2. The molecule has 1 aliphatic carbocycles. The van der Waals surface area contributed by atoms with E-state index in [0.717, 1.165) is 31.7 Å². The van der Waals surface area contributed by atoms with Gasteiger partial charge in [-0.05, 0) is 29.5 Å². The van der Waals surface area contributed by atoms with E-state index in [9.17, 15) is 4.79 Å². The van der Waals surface area contributed by atoms with E-state index >= 15 is 0 Å². The summed E-state index contributed by atoms with van der Waals surface area (Å²) in [6, 6.07) is 19.1. The number of hydrogen-bond acceptors (Lipinski definition) is 3. The Kier molecular flexibility index (Phi) is 4.70. The van der Waals surface area contributed by atoms with Crippen molar-refractivity contribution in [2.45, 2.75) is 25.5 Å². The average Bonchev–Trinajstić information content (AvgIpc) is 3.11. The number of carbonyl (C=O) groups is 1. The number of amides is 1. The topological polar surface area (TPSA) is 32.8 Å². The Morgan fingerprint density at radius 3 is 2.48 bits per heavy atom. The van der Waals surface area contributed by atoms with Gasteiger partial charge in [-0.3, -0.25) is 4.90 Å². The van der Waals surface area contributed by atoms with Gasteiger partial charge in [0.15, 0.2) is 0 Å². The standard InChI is InChI=1S/C21H24N2O2/c24-21(25-16-17-6-2-1-3-7-17)23-14-12-22(13-15-23)20-11-10-18-8-4-5-9-19(18)20/h1-9,20H,10-16H2. The van der Waals surface area contributed by atoms with E-state index in [4.69, 9.17) is 4.74 Å². The van der Waals surface area contributed by atoms with E-state index in [0.29, 0.717) is 12.6 Å². The van der Waals surface area contributed by atoms with Crippen LogP contribution in [0.15, 0.2) is 54.6 Å². The molecule has 1 unspecified atom stereocenters. The Morgan fingerprint density at radius 1 is 0.960 bits per heavy atom. The fourth-order valence-corrected chi connectivity index (χ4v) is 3.94. The summed E-state index contributed by atoms with van der Waals surface area (Å²) in [4.78, 5) is 16.6. The molecule has 1 fully saturated rings. The third kappa shape index (κ3) is 3.54. The molecule has 25 heavy (non-hydrogen) atoms. The van der Waals surface area contributed by atoms with Crippen LogP contribution in [0.3, 0.4) is 0 Å². The third-order valence-corrected chi connectivity index (χ3v) is 5.32.